The third kappa shape index (κ3) is 3.86. The van der Waals surface area contributed by atoms with Gasteiger partial charge in [-0.05, 0) is 47.2 Å². The van der Waals surface area contributed by atoms with E-state index in [-0.39, 0.29) is 5.75 Å². The molecule has 0 atom stereocenters. The number of methoxy groups -OCH3 is 1. The third-order valence-electron chi connectivity index (χ3n) is 2.73. The van der Waals surface area contributed by atoms with Gasteiger partial charge in [0.1, 0.15) is 0 Å². The molecule has 0 saturated carbocycles. The summed E-state index contributed by atoms with van der Waals surface area (Å²) in [6, 6.07) is 6.07. The van der Waals surface area contributed by atoms with Crippen LogP contribution >= 0.6 is 34.4 Å². The zero-order valence-electron chi connectivity index (χ0n) is 11.0. The minimum atomic E-state index is -0.833. The molecule has 1 aromatic carbocycles. The fourth-order valence-corrected chi connectivity index (χ4v) is 3.14. The molecule has 0 amide bonds. The van der Waals surface area contributed by atoms with E-state index in [9.17, 15) is 4.79 Å². The van der Waals surface area contributed by atoms with Crippen LogP contribution in [0.25, 0.3) is 11.0 Å². The van der Waals surface area contributed by atoms with Crippen molar-refractivity contribution in [2.75, 3.05) is 19.5 Å². The average Bonchev–Trinajstić information content (AvgIpc) is 2.74. The number of ether oxygens (including phenoxy) is 1. The van der Waals surface area contributed by atoms with Crippen LogP contribution in [0.2, 0.25) is 0 Å². The third-order valence-corrected chi connectivity index (χ3v) is 4.36. The van der Waals surface area contributed by atoms with Crippen molar-refractivity contribution >= 4 is 51.4 Å². The highest BCUT2D eigenvalue weighted by molar-refractivity contribution is 14.1. The van der Waals surface area contributed by atoms with E-state index in [1.54, 1.807) is 7.11 Å². The SMILES string of the molecule is COCCCn1c(SCC(=O)O)nc2cc(I)ccc21. The molecule has 0 aliphatic rings. The molecule has 0 radical (unpaired) electrons. The van der Waals surface area contributed by atoms with Gasteiger partial charge < -0.3 is 14.4 Å². The van der Waals surface area contributed by atoms with Crippen LogP contribution in [0, 0.1) is 3.57 Å². The number of carboxylic acids is 1. The van der Waals surface area contributed by atoms with Crippen molar-refractivity contribution in [2.24, 2.45) is 0 Å². The van der Waals surface area contributed by atoms with Gasteiger partial charge in [0.05, 0.1) is 16.8 Å². The second-order valence-corrected chi connectivity index (χ2v) is 6.40. The maximum Gasteiger partial charge on any atom is 0.313 e. The van der Waals surface area contributed by atoms with Crippen LogP contribution in [-0.4, -0.2) is 40.1 Å². The zero-order valence-corrected chi connectivity index (χ0v) is 14.0. The number of carbonyl (C=O) groups is 1. The fraction of sp³-hybridized carbons (Fsp3) is 0.385. The summed E-state index contributed by atoms with van der Waals surface area (Å²) < 4.78 is 8.26. The number of carboxylic acid groups (broad SMARTS) is 1. The van der Waals surface area contributed by atoms with Gasteiger partial charge in [-0.1, -0.05) is 11.8 Å². The Balaban J connectivity index is 2.31. The van der Waals surface area contributed by atoms with Crippen molar-refractivity contribution < 1.29 is 14.6 Å². The van der Waals surface area contributed by atoms with Crippen LogP contribution in [0.4, 0.5) is 0 Å². The number of aromatic nitrogens is 2. The lowest BCUT2D eigenvalue weighted by atomic mass is 10.3. The van der Waals surface area contributed by atoms with Gasteiger partial charge in [-0.15, -0.1) is 0 Å². The van der Waals surface area contributed by atoms with Crippen molar-refractivity contribution in [2.45, 2.75) is 18.1 Å². The molecule has 0 aliphatic heterocycles. The minimum Gasteiger partial charge on any atom is -0.481 e. The van der Waals surface area contributed by atoms with Gasteiger partial charge in [-0.25, -0.2) is 4.98 Å². The van der Waals surface area contributed by atoms with Crippen LogP contribution in [0.5, 0.6) is 0 Å². The van der Waals surface area contributed by atoms with Gasteiger partial charge in [0.15, 0.2) is 5.16 Å². The number of hydrogen-bond acceptors (Lipinski definition) is 4. The highest BCUT2D eigenvalue weighted by Gasteiger charge is 2.12. The number of benzene rings is 1. The molecular formula is C13H15IN2O3S. The van der Waals surface area contributed by atoms with E-state index >= 15 is 0 Å². The lowest BCUT2D eigenvalue weighted by molar-refractivity contribution is -0.133. The summed E-state index contributed by atoms with van der Waals surface area (Å²) in [7, 11) is 1.68. The van der Waals surface area contributed by atoms with Crippen molar-refractivity contribution in [3.05, 3.63) is 21.8 Å². The number of hydrogen-bond donors (Lipinski definition) is 1. The van der Waals surface area contributed by atoms with Gasteiger partial charge >= 0.3 is 5.97 Å². The summed E-state index contributed by atoms with van der Waals surface area (Å²) in [4.78, 5) is 15.3. The minimum absolute atomic E-state index is 0.0185. The summed E-state index contributed by atoms with van der Waals surface area (Å²) in [5, 5.41) is 9.57. The van der Waals surface area contributed by atoms with Crippen molar-refractivity contribution in [3.8, 4) is 0 Å². The summed E-state index contributed by atoms with van der Waals surface area (Å²) in [5.41, 5.74) is 1.94. The molecule has 2 aromatic rings. The molecule has 0 saturated heterocycles. The molecule has 0 bridgehead atoms. The molecule has 7 heteroatoms. The summed E-state index contributed by atoms with van der Waals surface area (Å²) in [5.74, 6) is -0.815. The molecule has 1 N–H and O–H groups in total. The van der Waals surface area contributed by atoms with Crippen LogP contribution in [0.1, 0.15) is 6.42 Å². The van der Waals surface area contributed by atoms with Crippen LogP contribution < -0.4 is 0 Å². The first-order valence-corrected chi connectivity index (χ1v) is 8.17. The molecular weight excluding hydrogens is 391 g/mol. The summed E-state index contributed by atoms with van der Waals surface area (Å²) >= 11 is 3.50. The van der Waals surface area contributed by atoms with E-state index in [1.807, 2.05) is 18.2 Å². The van der Waals surface area contributed by atoms with Crippen molar-refractivity contribution in [1.82, 2.24) is 9.55 Å². The number of thioether (sulfide) groups is 1. The predicted molar refractivity (Wildman–Crippen MR) is 87.3 cm³/mol. The standard InChI is InChI=1S/C13H15IN2O3S/c1-19-6-2-5-16-11-4-3-9(14)7-10(11)15-13(16)20-8-12(17)18/h3-4,7H,2,5-6,8H2,1H3,(H,17,18). The van der Waals surface area contributed by atoms with Crippen LogP contribution in [0.15, 0.2) is 23.4 Å². The van der Waals surface area contributed by atoms with Gasteiger partial charge in [0, 0.05) is 23.8 Å². The molecule has 0 fully saturated rings. The smallest absolute Gasteiger partial charge is 0.313 e. The van der Waals surface area contributed by atoms with Gasteiger partial charge in [0.25, 0.3) is 0 Å². The normalized spacial score (nSPS) is 11.1. The second-order valence-electron chi connectivity index (χ2n) is 4.21. The molecule has 0 unspecified atom stereocenters. The zero-order chi connectivity index (χ0) is 14.5. The number of halogens is 1. The largest absolute Gasteiger partial charge is 0.481 e. The van der Waals surface area contributed by atoms with E-state index in [4.69, 9.17) is 9.84 Å². The van der Waals surface area contributed by atoms with E-state index in [0.29, 0.717) is 6.61 Å². The van der Waals surface area contributed by atoms with Gasteiger partial charge in [-0.2, -0.15) is 0 Å². The molecule has 1 heterocycles. The van der Waals surface area contributed by atoms with Gasteiger partial charge in [-0.3, -0.25) is 4.79 Å². The van der Waals surface area contributed by atoms with E-state index < -0.39 is 5.97 Å². The molecule has 2 rings (SSSR count). The monoisotopic (exact) mass is 406 g/mol. The molecule has 5 nitrogen and oxygen atoms in total. The lowest BCUT2D eigenvalue weighted by Crippen LogP contribution is -2.05. The highest BCUT2D eigenvalue weighted by atomic mass is 127. The Kier molecular flexibility index (Phi) is 5.67. The Morgan fingerprint density at radius 1 is 1.55 bits per heavy atom. The summed E-state index contributed by atoms with van der Waals surface area (Å²) in [6.07, 6.45) is 0.870. The first kappa shape index (κ1) is 15.6. The maximum absolute atomic E-state index is 10.7. The molecule has 0 spiro atoms. The Hall–Kier alpha value is -0.800. The summed E-state index contributed by atoms with van der Waals surface area (Å²) in [6.45, 7) is 1.44. The average molecular weight is 406 g/mol. The van der Waals surface area contributed by atoms with Crippen molar-refractivity contribution in [1.29, 1.82) is 0 Å². The number of rotatable bonds is 7. The number of imidazole rings is 1. The van der Waals surface area contributed by atoms with E-state index in [2.05, 4.69) is 32.1 Å². The second kappa shape index (κ2) is 7.28. The Morgan fingerprint density at radius 2 is 2.35 bits per heavy atom. The molecule has 0 aliphatic carbocycles. The van der Waals surface area contributed by atoms with Crippen molar-refractivity contribution in [3.63, 3.8) is 0 Å². The van der Waals surface area contributed by atoms with Crippen LogP contribution in [-0.2, 0) is 16.1 Å². The molecule has 20 heavy (non-hydrogen) atoms. The Morgan fingerprint density at radius 3 is 3.05 bits per heavy atom. The first-order valence-electron chi connectivity index (χ1n) is 6.11. The Labute approximate surface area is 134 Å². The lowest BCUT2D eigenvalue weighted by Gasteiger charge is -2.07. The number of nitrogens with zero attached hydrogens (tertiary/aromatic N) is 2. The van der Waals surface area contributed by atoms with E-state index in [0.717, 1.165) is 32.7 Å². The first-order chi connectivity index (χ1) is 9.61. The molecule has 1 aromatic heterocycles. The quantitative estimate of drug-likeness (QED) is 0.435. The number of aliphatic carboxylic acids is 1. The topological polar surface area (TPSA) is 64.3 Å². The van der Waals surface area contributed by atoms with Gasteiger partial charge in [0.2, 0.25) is 0 Å². The highest BCUT2D eigenvalue weighted by Crippen LogP contribution is 2.25. The van der Waals surface area contributed by atoms with E-state index in [1.165, 1.54) is 11.8 Å². The molecule has 108 valence electrons. The Bertz CT molecular complexity index is 615. The van der Waals surface area contributed by atoms with Crippen LogP contribution in [0.3, 0.4) is 0 Å². The predicted octanol–water partition coefficient (Wildman–Crippen LogP) is 2.85. The number of fused-ring (bicyclic) bond motifs is 1. The number of aryl methyl sites for hydroxylation is 1. The maximum atomic E-state index is 10.7. The fourth-order valence-electron chi connectivity index (χ4n) is 1.90.